The fourth-order valence-electron chi connectivity index (χ4n) is 4.93. The molecule has 0 aliphatic carbocycles. The van der Waals surface area contributed by atoms with E-state index in [0.717, 1.165) is 44.9 Å². The Morgan fingerprint density at radius 1 is 0.526 bits per heavy atom. The van der Waals surface area contributed by atoms with Crippen LogP contribution in [0.15, 0.2) is 73.8 Å². The Bertz CT molecular complexity index is 1360. The SMILES string of the molecule is C=Cc1ccc(COc2c(C)cc(-c3cc(C)c(OCc4ccc(C=C)cc4)c(C)c3C)c(C)c2C)cc1. The quantitative estimate of drug-likeness (QED) is 0.227. The predicted molar refractivity (Wildman–Crippen MR) is 162 cm³/mol. The van der Waals surface area contributed by atoms with Gasteiger partial charge in [0, 0.05) is 0 Å². The first-order chi connectivity index (χ1) is 18.2. The second-order valence-electron chi connectivity index (χ2n) is 10.1. The maximum absolute atomic E-state index is 6.33. The van der Waals surface area contributed by atoms with Crippen molar-refractivity contribution >= 4 is 12.2 Å². The van der Waals surface area contributed by atoms with Gasteiger partial charge in [-0.15, -0.1) is 0 Å². The first kappa shape index (κ1) is 27.0. The summed E-state index contributed by atoms with van der Waals surface area (Å²) in [6, 6.07) is 21.2. The van der Waals surface area contributed by atoms with Gasteiger partial charge in [0.25, 0.3) is 0 Å². The van der Waals surface area contributed by atoms with Gasteiger partial charge in [-0.1, -0.05) is 73.8 Å². The highest BCUT2D eigenvalue weighted by atomic mass is 16.5. The lowest BCUT2D eigenvalue weighted by Gasteiger charge is -2.22. The fourth-order valence-corrected chi connectivity index (χ4v) is 4.93. The van der Waals surface area contributed by atoms with Gasteiger partial charge in [0.2, 0.25) is 0 Å². The van der Waals surface area contributed by atoms with Crippen LogP contribution in [0.4, 0.5) is 0 Å². The lowest BCUT2D eigenvalue weighted by Crippen LogP contribution is -2.04. The van der Waals surface area contributed by atoms with Crippen molar-refractivity contribution in [1.29, 1.82) is 0 Å². The van der Waals surface area contributed by atoms with Gasteiger partial charge in [0.05, 0.1) is 0 Å². The molecule has 4 rings (SSSR count). The summed E-state index contributed by atoms with van der Waals surface area (Å²) in [5, 5.41) is 0. The van der Waals surface area contributed by atoms with Gasteiger partial charge in [-0.25, -0.2) is 0 Å². The third-order valence-corrected chi connectivity index (χ3v) is 7.54. The van der Waals surface area contributed by atoms with Crippen molar-refractivity contribution in [2.75, 3.05) is 0 Å². The highest BCUT2D eigenvalue weighted by molar-refractivity contribution is 5.77. The largest absolute Gasteiger partial charge is 0.488 e. The first-order valence-corrected chi connectivity index (χ1v) is 13.1. The van der Waals surface area contributed by atoms with Crippen molar-refractivity contribution in [2.45, 2.75) is 54.8 Å². The van der Waals surface area contributed by atoms with Gasteiger partial charge < -0.3 is 9.47 Å². The Balaban J connectivity index is 1.59. The van der Waals surface area contributed by atoms with E-state index >= 15 is 0 Å². The Morgan fingerprint density at radius 2 is 0.868 bits per heavy atom. The lowest BCUT2D eigenvalue weighted by molar-refractivity contribution is 0.301. The molecule has 0 atom stereocenters. The van der Waals surface area contributed by atoms with Crippen molar-refractivity contribution in [1.82, 2.24) is 0 Å². The van der Waals surface area contributed by atoms with Crippen LogP contribution in [0.25, 0.3) is 23.3 Å². The molecule has 4 aromatic rings. The summed E-state index contributed by atoms with van der Waals surface area (Å²) in [5.41, 5.74) is 14.1. The van der Waals surface area contributed by atoms with Crippen molar-refractivity contribution in [3.63, 3.8) is 0 Å². The van der Waals surface area contributed by atoms with E-state index in [1.165, 1.54) is 33.4 Å². The van der Waals surface area contributed by atoms with Crippen LogP contribution in [0.2, 0.25) is 0 Å². The molecule has 2 nitrogen and oxygen atoms in total. The minimum Gasteiger partial charge on any atom is -0.488 e. The van der Waals surface area contributed by atoms with E-state index < -0.39 is 0 Å². The van der Waals surface area contributed by atoms with Crippen molar-refractivity contribution < 1.29 is 9.47 Å². The highest BCUT2D eigenvalue weighted by Gasteiger charge is 2.18. The zero-order valence-corrected chi connectivity index (χ0v) is 23.6. The maximum Gasteiger partial charge on any atom is 0.125 e. The highest BCUT2D eigenvalue weighted by Crippen LogP contribution is 2.40. The number of hydrogen-bond donors (Lipinski definition) is 0. The summed E-state index contributed by atoms with van der Waals surface area (Å²) in [6.07, 6.45) is 3.71. The van der Waals surface area contributed by atoms with Gasteiger partial charge >= 0.3 is 0 Å². The minimum absolute atomic E-state index is 0.539. The number of ether oxygens (including phenoxy) is 2. The second kappa shape index (κ2) is 11.6. The van der Waals surface area contributed by atoms with E-state index in [9.17, 15) is 0 Å². The van der Waals surface area contributed by atoms with Crippen LogP contribution in [-0.2, 0) is 13.2 Å². The zero-order valence-electron chi connectivity index (χ0n) is 23.6. The molecule has 0 bridgehead atoms. The van der Waals surface area contributed by atoms with E-state index in [2.05, 4.69) is 115 Å². The smallest absolute Gasteiger partial charge is 0.125 e. The Hall–Kier alpha value is -4.04. The number of hydrogen-bond acceptors (Lipinski definition) is 2. The van der Waals surface area contributed by atoms with Crippen molar-refractivity contribution in [3.05, 3.63) is 129 Å². The monoisotopic (exact) mass is 502 g/mol. The minimum atomic E-state index is 0.539. The van der Waals surface area contributed by atoms with Gasteiger partial charge in [-0.2, -0.15) is 0 Å². The maximum atomic E-state index is 6.33. The van der Waals surface area contributed by atoms with Crippen LogP contribution in [0.1, 0.15) is 55.6 Å². The summed E-state index contributed by atoms with van der Waals surface area (Å²) >= 11 is 0. The molecule has 0 radical (unpaired) electrons. The van der Waals surface area contributed by atoms with E-state index in [-0.39, 0.29) is 0 Å². The fraction of sp³-hybridized carbons (Fsp3) is 0.222. The molecular formula is C36H38O2. The van der Waals surface area contributed by atoms with Crippen LogP contribution in [0, 0.1) is 41.5 Å². The summed E-state index contributed by atoms with van der Waals surface area (Å²) in [6.45, 7) is 21.7. The molecule has 0 fully saturated rings. The molecule has 38 heavy (non-hydrogen) atoms. The molecule has 0 saturated heterocycles. The van der Waals surface area contributed by atoms with Gasteiger partial charge in [-0.05, 0) is 120 Å². The molecule has 0 unspecified atom stereocenters. The summed E-state index contributed by atoms with van der Waals surface area (Å²) in [5.74, 6) is 1.93. The van der Waals surface area contributed by atoms with Crippen LogP contribution in [0.5, 0.6) is 11.5 Å². The lowest BCUT2D eigenvalue weighted by atomic mass is 9.88. The average molecular weight is 503 g/mol. The zero-order chi connectivity index (χ0) is 27.4. The van der Waals surface area contributed by atoms with E-state index in [1.54, 1.807) is 0 Å². The molecule has 0 saturated carbocycles. The van der Waals surface area contributed by atoms with Crippen molar-refractivity contribution in [2.24, 2.45) is 0 Å². The van der Waals surface area contributed by atoms with Gasteiger partial charge in [0.15, 0.2) is 0 Å². The molecule has 0 aliphatic heterocycles. The molecule has 194 valence electrons. The van der Waals surface area contributed by atoms with Crippen LogP contribution in [0.3, 0.4) is 0 Å². The Kier molecular flexibility index (Phi) is 8.22. The van der Waals surface area contributed by atoms with E-state index in [4.69, 9.17) is 9.47 Å². The van der Waals surface area contributed by atoms with E-state index in [0.29, 0.717) is 13.2 Å². The molecule has 0 amide bonds. The molecule has 0 N–H and O–H groups in total. The summed E-state index contributed by atoms with van der Waals surface area (Å²) in [4.78, 5) is 0. The molecule has 2 heteroatoms. The molecule has 0 aliphatic rings. The molecule has 4 aromatic carbocycles. The third kappa shape index (κ3) is 5.60. The number of benzene rings is 4. The van der Waals surface area contributed by atoms with Gasteiger partial charge in [-0.3, -0.25) is 0 Å². The average Bonchev–Trinajstić information content (AvgIpc) is 2.93. The van der Waals surface area contributed by atoms with Crippen LogP contribution >= 0.6 is 0 Å². The Labute approximate surface area is 228 Å². The first-order valence-electron chi connectivity index (χ1n) is 13.1. The third-order valence-electron chi connectivity index (χ3n) is 7.54. The van der Waals surface area contributed by atoms with Crippen LogP contribution in [-0.4, -0.2) is 0 Å². The Morgan fingerprint density at radius 3 is 1.18 bits per heavy atom. The summed E-state index contributed by atoms with van der Waals surface area (Å²) < 4.78 is 12.7. The number of aryl methyl sites for hydroxylation is 2. The van der Waals surface area contributed by atoms with E-state index in [1.807, 2.05) is 12.2 Å². The molecule has 0 aromatic heterocycles. The van der Waals surface area contributed by atoms with Gasteiger partial charge in [0.1, 0.15) is 24.7 Å². The normalized spacial score (nSPS) is 10.8. The molecular weight excluding hydrogens is 464 g/mol. The second-order valence-corrected chi connectivity index (χ2v) is 10.1. The predicted octanol–water partition coefficient (Wildman–Crippen LogP) is 9.65. The van der Waals surface area contributed by atoms with Crippen LogP contribution < -0.4 is 9.47 Å². The topological polar surface area (TPSA) is 18.5 Å². The molecule has 0 heterocycles. The summed E-state index contributed by atoms with van der Waals surface area (Å²) in [7, 11) is 0. The standard InChI is InChI=1S/C36H38O2/c1-9-29-11-15-31(16-12-29)21-37-35-23(3)19-33(25(5)27(35)7)34-20-24(4)36(28(8)26(34)6)38-22-32-17-13-30(10-2)14-18-32/h9-20H,1-2,21-22H2,3-8H3. The van der Waals surface area contributed by atoms with Crippen molar-refractivity contribution in [3.8, 4) is 22.6 Å². The molecule has 0 spiro atoms. The number of rotatable bonds is 9.